The summed E-state index contributed by atoms with van der Waals surface area (Å²) in [5, 5.41) is 11.5. The highest BCUT2D eigenvalue weighted by Gasteiger charge is 2.25. The molecular formula is C72H58N2O. The van der Waals surface area contributed by atoms with E-state index in [9.17, 15) is 0 Å². The molecule has 3 heteroatoms. The minimum absolute atomic E-state index is 0.0242. The number of hydrogen-bond acceptors (Lipinski definition) is 3. The summed E-state index contributed by atoms with van der Waals surface area (Å²) in [5.74, 6) is 0. The van der Waals surface area contributed by atoms with Gasteiger partial charge in [-0.1, -0.05) is 211 Å². The van der Waals surface area contributed by atoms with Crippen LogP contribution in [-0.4, -0.2) is 0 Å². The number of furan rings is 1. The first-order chi connectivity index (χ1) is 36.4. The van der Waals surface area contributed by atoms with Gasteiger partial charge in [-0.15, -0.1) is 0 Å². The third-order valence-electron chi connectivity index (χ3n) is 15.3. The summed E-state index contributed by atoms with van der Waals surface area (Å²) in [6.07, 6.45) is 0. The summed E-state index contributed by atoms with van der Waals surface area (Å²) in [6.45, 7) is 13.6. The average Bonchev–Trinajstić information content (AvgIpc) is 3.77. The van der Waals surface area contributed by atoms with Crippen molar-refractivity contribution >= 4 is 99.2 Å². The second kappa shape index (κ2) is 17.9. The van der Waals surface area contributed by atoms with Crippen LogP contribution in [-0.2, 0) is 10.8 Å². The Kier molecular flexibility index (Phi) is 11.0. The van der Waals surface area contributed by atoms with Gasteiger partial charge in [-0.05, 0) is 138 Å². The van der Waals surface area contributed by atoms with Crippen molar-refractivity contribution in [2.75, 3.05) is 9.80 Å². The van der Waals surface area contributed by atoms with Crippen LogP contribution >= 0.6 is 0 Å². The molecule has 0 radical (unpaired) electrons. The molecule has 0 unspecified atom stereocenters. The van der Waals surface area contributed by atoms with Gasteiger partial charge in [0.05, 0.1) is 11.4 Å². The molecule has 3 nitrogen and oxygen atoms in total. The van der Waals surface area contributed by atoms with Crippen LogP contribution in [0.2, 0.25) is 0 Å². The van der Waals surface area contributed by atoms with E-state index in [1.807, 2.05) is 0 Å². The molecule has 75 heavy (non-hydrogen) atoms. The number of hydrogen-bond donors (Lipinski definition) is 0. The van der Waals surface area contributed by atoms with Crippen molar-refractivity contribution in [2.45, 2.75) is 52.4 Å². The number of rotatable bonds is 8. The molecule has 0 aliphatic heterocycles. The SMILES string of the molecule is CC(C)(C)c1ccc(N(c2ccc3cc4c(cc3c2)oc2cc3cc(N(c5ccc(C(C)(C)C)cc5)c5c(-c6ccccc6)ccc6ccccc56)ccc3cc24)c2c(-c3ccccc3)ccc3ccccc23)cc1. The van der Waals surface area contributed by atoms with Gasteiger partial charge in [-0.3, -0.25) is 0 Å². The molecule has 0 atom stereocenters. The Bertz CT molecular complexity index is 4010. The molecule has 362 valence electrons. The first-order valence-corrected chi connectivity index (χ1v) is 26.2. The Hall–Kier alpha value is -8.92. The summed E-state index contributed by atoms with van der Waals surface area (Å²) in [6, 6.07) is 89.3. The topological polar surface area (TPSA) is 19.6 Å². The molecule has 12 aromatic carbocycles. The lowest BCUT2D eigenvalue weighted by Gasteiger charge is -2.30. The summed E-state index contributed by atoms with van der Waals surface area (Å²) >= 11 is 0. The van der Waals surface area contributed by atoms with Crippen LogP contribution in [0.15, 0.2) is 247 Å². The van der Waals surface area contributed by atoms with Crippen LogP contribution in [0.4, 0.5) is 34.1 Å². The number of anilines is 6. The maximum atomic E-state index is 6.94. The van der Waals surface area contributed by atoms with Crippen molar-refractivity contribution in [3.63, 3.8) is 0 Å². The molecule has 0 fully saturated rings. The summed E-state index contributed by atoms with van der Waals surface area (Å²) in [5.41, 5.74) is 15.7. The van der Waals surface area contributed by atoms with Crippen LogP contribution in [0, 0.1) is 0 Å². The third-order valence-corrected chi connectivity index (χ3v) is 15.3. The minimum atomic E-state index is 0.0242. The second-order valence-corrected chi connectivity index (χ2v) is 22.2. The summed E-state index contributed by atoms with van der Waals surface area (Å²) in [4.78, 5) is 4.90. The van der Waals surface area contributed by atoms with Gasteiger partial charge in [0.25, 0.3) is 0 Å². The second-order valence-electron chi connectivity index (χ2n) is 22.2. The van der Waals surface area contributed by atoms with E-state index in [1.54, 1.807) is 0 Å². The van der Waals surface area contributed by atoms with Crippen molar-refractivity contribution in [2.24, 2.45) is 0 Å². The highest BCUT2D eigenvalue weighted by Crippen LogP contribution is 2.49. The van der Waals surface area contributed by atoms with Crippen molar-refractivity contribution in [3.8, 4) is 22.3 Å². The van der Waals surface area contributed by atoms with Gasteiger partial charge in [-0.25, -0.2) is 0 Å². The molecule has 0 saturated carbocycles. The van der Waals surface area contributed by atoms with E-state index < -0.39 is 0 Å². The van der Waals surface area contributed by atoms with Crippen LogP contribution < -0.4 is 9.80 Å². The molecule has 13 aromatic rings. The number of nitrogens with zero attached hydrogens (tertiary/aromatic N) is 2. The van der Waals surface area contributed by atoms with E-state index in [-0.39, 0.29) is 10.8 Å². The summed E-state index contributed by atoms with van der Waals surface area (Å²) < 4.78 is 6.94. The lowest BCUT2D eigenvalue weighted by Crippen LogP contribution is -2.14. The van der Waals surface area contributed by atoms with Crippen LogP contribution in [0.1, 0.15) is 52.7 Å². The molecule has 0 amide bonds. The molecular weight excluding hydrogens is 909 g/mol. The lowest BCUT2D eigenvalue weighted by molar-refractivity contribution is 0.590. The molecule has 0 aliphatic rings. The number of fused-ring (bicyclic) bond motifs is 7. The van der Waals surface area contributed by atoms with Crippen LogP contribution in [0.5, 0.6) is 0 Å². The Labute approximate surface area is 439 Å². The minimum Gasteiger partial charge on any atom is -0.456 e. The van der Waals surface area contributed by atoms with Gasteiger partial charge in [-0.2, -0.15) is 0 Å². The van der Waals surface area contributed by atoms with E-state index in [1.165, 1.54) is 54.9 Å². The normalized spacial score (nSPS) is 12.1. The Morgan fingerprint density at radius 3 is 1.04 bits per heavy atom. The smallest absolute Gasteiger partial charge is 0.136 e. The zero-order valence-electron chi connectivity index (χ0n) is 43.4. The fourth-order valence-electron chi connectivity index (χ4n) is 11.2. The van der Waals surface area contributed by atoms with E-state index in [2.05, 4.69) is 294 Å². The Balaban J connectivity index is 0.966. The Morgan fingerprint density at radius 1 is 0.280 bits per heavy atom. The first kappa shape index (κ1) is 45.9. The van der Waals surface area contributed by atoms with Gasteiger partial charge in [0.2, 0.25) is 0 Å². The Morgan fingerprint density at radius 2 is 0.640 bits per heavy atom. The van der Waals surface area contributed by atoms with Crippen LogP contribution in [0.25, 0.3) is 87.3 Å². The quantitative estimate of drug-likeness (QED) is 0.151. The maximum absolute atomic E-state index is 6.94. The molecule has 0 N–H and O–H groups in total. The summed E-state index contributed by atoms with van der Waals surface area (Å²) in [7, 11) is 0. The predicted octanol–water partition coefficient (Wildman–Crippen LogP) is 21.1. The molecule has 1 heterocycles. The molecule has 0 bridgehead atoms. The maximum Gasteiger partial charge on any atom is 0.136 e. The highest BCUT2D eigenvalue weighted by atomic mass is 16.3. The fraction of sp³-hybridized carbons (Fsp3) is 0.111. The standard InChI is InChI=1S/C72H58N2O/c1-71(2,3)55-29-35-57(36-30-55)73(69-61-23-15-13-21-49(61)27-39-63(69)47-17-9-7-10-18-47)59-33-25-51-43-65-66-44-52-26-34-60(42-54(52)46-68(66)75-67(65)45-53(51)41-59)74(58-37-31-56(32-38-58)72(4,5)6)70-62-24-16-14-22-50(62)28-40-64(70)48-19-11-8-12-20-48/h7-46H,1-6H3. The fourth-order valence-corrected chi connectivity index (χ4v) is 11.2. The van der Waals surface area contributed by atoms with Crippen molar-refractivity contribution < 1.29 is 4.42 Å². The van der Waals surface area contributed by atoms with Gasteiger partial charge < -0.3 is 14.2 Å². The van der Waals surface area contributed by atoms with Gasteiger partial charge >= 0.3 is 0 Å². The van der Waals surface area contributed by atoms with E-state index in [4.69, 9.17) is 4.42 Å². The van der Waals surface area contributed by atoms with E-state index >= 15 is 0 Å². The monoisotopic (exact) mass is 966 g/mol. The molecule has 0 saturated heterocycles. The van der Waals surface area contributed by atoms with Crippen molar-refractivity contribution in [1.29, 1.82) is 0 Å². The molecule has 0 spiro atoms. The number of benzene rings is 12. The van der Waals surface area contributed by atoms with Gasteiger partial charge in [0.15, 0.2) is 0 Å². The molecule has 13 rings (SSSR count). The average molecular weight is 967 g/mol. The van der Waals surface area contributed by atoms with Crippen LogP contribution in [0.3, 0.4) is 0 Å². The van der Waals surface area contributed by atoms with Gasteiger partial charge in [0.1, 0.15) is 11.2 Å². The predicted molar refractivity (Wildman–Crippen MR) is 321 cm³/mol. The first-order valence-electron chi connectivity index (χ1n) is 26.2. The third kappa shape index (κ3) is 8.26. The van der Waals surface area contributed by atoms with E-state index in [0.717, 1.165) is 77.6 Å². The highest BCUT2D eigenvalue weighted by molar-refractivity contribution is 6.15. The zero-order chi connectivity index (χ0) is 51.0. The van der Waals surface area contributed by atoms with Crippen molar-refractivity contribution in [3.05, 3.63) is 254 Å². The van der Waals surface area contributed by atoms with E-state index in [0.29, 0.717) is 0 Å². The lowest BCUT2D eigenvalue weighted by atomic mass is 9.87. The largest absolute Gasteiger partial charge is 0.456 e. The molecule has 0 aliphatic carbocycles. The molecule has 1 aromatic heterocycles. The van der Waals surface area contributed by atoms with Crippen molar-refractivity contribution in [1.82, 2.24) is 0 Å². The van der Waals surface area contributed by atoms with Gasteiger partial charge in [0, 0.05) is 55.4 Å². The zero-order valence-corrected chi connectivity index (χ0v) is 43.4.